The Morgan fingerprint density at radius 3 is 2.50 bits per heavy atom. The first-order valence-corrected chi connectivity index (χ1v) is 8.03. The van der Waals surface area contributed by atoms with Crippen LogP contribution in [-0.4, -0.2) is 20.9 Å². The number of halogens is 1. The molecule has 0 saturated carbocycles. The third-order valence-corrected chi connectivity index (χ3v) is 3.72. The van der Waals surface area contributed by atoms with Crippen molar-refractivity contribution < 1.29 is 4.79 Å². The predicted molar refractivity (Wildman–Crippen MR) is 95.7 cm³/mol. The summed E-state index contributed by atoms with van der Waals surface area (Å²) in [5.41, 5.74) is 2.05. The predicted octanol–water partition coefficient (Wildman–Crippen LogP) is 3.50. The lowest BCUT2D eigenvalue weighted by molar-refractivity contribution is 0.102. The van der Waals surface area contributed by atoms with E-state index in [9.17, 15) is 4.79 Å². The molecule has 2 N–H and O–H groups in total. The fourth-order valence-corrected chi connectivity index (χ4v) is 2.24. The highest BCUT2D eigenvalue weighted by molar-refractivity contribution is 9.10. The van der Waals surface area contributed by atoms with E-state index in [1.54, 1.807) is 24.7 Å². The van der Waals surface area contributed by atoms with E-state index < -0.39 is 0 Å². The number of anilines is 2. The van der Waals surface area contributed by atoms with Gasteiger partial charge >= 0.3 is 0 Å². The zero-order valence-electron chi connectivity index (χ0n) is 12.6. The number of amides is 1. The van der Waals surface area contributed by atoms with Crippen molar-refractivity contribution in [2.45, 2.75) is 6.54 Å². The Morgan fingerprint density at radius 1 is 1.00 bits per heavy atom. The van der Waals surface area contributed by atoms with Gasteiger partial charge in [-0.2, -0.15) is 0 Å². The van der Waals surface area contributed by atoms with Crippen LogP contribution < -0.4 is 10.6 Å². The van der Waals surface area contributed by atoms with Crippen molar-refractivity contribution in [1.29, 1.82) is 0 Å². The highest BCUT2D eigenvalue weighted by atomic mass is 79.9. The summed E-state index contributed by atoms with van der Waals surface area (Å²) in [6.07, 6.45) is 5.00. The quantitative estimate of drug-likeness (QED) is 0.704. The molecule has 0 aliphatic carbocycles. The second-order valence-corrected chi connectivity index (χ2v) is 5.85. The van der Waals surface area contributed by atoms with Gasteiger partial charge in [0.05, 0.1) is 0 Å². The zero-order valence-corrected chi connectivity index (χ0v) is 14.2. The lowest BCUT2D eigenvalue weighted by Crippen LogP contribution is -2.15. The van der Waals surface area contributed by atoms with Crippen LogP contribution in [0.5, 0.6) is 0 Å². The fourth-order valence-electron chi connectivity index (χ4n) is 1.98. The molecule has 0 atom stereocenters. The molecule has 0 aliphatic rings. The standard InChI is InChI=1S/C17H14BrN5O/c18-13-1-3-14(4-2-13)22-16(24)15-7-10-20-17(23-15)21-11-12-5-8-19-9-6-12/h1-10H,11H2,(H,22,24)(H,20,21,23). The van der Waals surface area contributed by atoms with E-state index in [2.05, 4.69) is 41.5 Å². The van der Waals surface area contributed by atoms with Gasteiger partial charge in [0.2, 0.25) is 5.95 Å². The Labute approximate surface area is 147 Å². The summed E-state index contributed by atoms with van der Waals surface area (Å²) in [6, 6.07) is 12.7. The highest BCUT2D eigenvalue weighted by Gasteiger charge is 2.09. The number of rotatable bonds is 5. The Bertz CT molecular complexity index is 824. The van der Waals surface area contributed by atoms with Crippen molar-refractivity contribution in [1.82, 2.24) is 15.0 Å². The molecule has 0 fully saturated rings. The molecule has 0 bridgehead atoms. The first-order valence-electron chi connectivity index (χ1n) is 7.23. The van der Waals surface area contributed by atoms with Crippen LogP contribution >= 0.6 is 15.9 Å². The van der Waals surface area contributed by atoms with Gasteiger partial charge < -0.3 is 10.6 Å². The van der Waals surface area contributed by atoms with Crippen LogP contribution in [0.2, 0.25) is 0 Å². The summed E-state index contributed by atoms with van der Waals surface area (Å²) >= 11 is 3.36. The Kier molecular flexibility index (Phi) is 5.12. The molecule has 1 aromatic carbocycles. The minimum atomic E-state index is -0.285. The number of carbonyl (C=O) groups is 1. The van der Waals surface area contributed by atoms with Gasteiger partial charge in [0.1, 0.15) is 5.69 Å². The maximum Gasteiger partial charge on any atom is 0.274 e. The summed E-state index contributed by atoms with van der Waals surface area (Å²) in [6.45, 7) is 0.556. The van der Waals surface area contributed by atoms with Crippen molar-refractivity contribution in [3.8, 4) is 0 Å². The summed E-state index contributed by atoms with van der Waals surface area (Å²) in [5.74, 6) is 0.113. The molecule has 2 heterocycles. The van der Waals surface area contributed by atoms with Gasteiger partial charge in [-0.15, -0.1) is 0 Å². The Hall–Kier alpha value is -2.80. The summed E-state index contributed by atoms with van der Waals surface area (Å²) < 4.78 is 0.949. The van der Waals surface area contributed by atoms with Crippen molar-refractivity contribution in [3.05, 3.63) is 76.8 Å². The number of nitrogens with zero attached hydrogens (tertiary/aromatic N) is 3. The van der Waals surface area contributed by atoms with Crippen molar-refractivity contribution in [2.24, 2.45) is 0 Å². The lowest BCUT2D eigenvalue weighted by atomic mass is 10.3. The van der Waals surface area contributed by atoms with Gasteiger partial charge in [0.15, 0.2) is 0 Å². The molecule has 0 radical (unpaired) electrons. The molecule has 7 heteroatoms. The average Bonchev–Trinajstić information content (AvgIpc) is 2.63. The molecule has 0 spiro atoms. The molecule has 3 rings (SSSR count). The van der Waals surface area contributed by atoms with E-state index in [-0.39, 0.29) is 5.91 Å². The molecule has 3 aromatic rings. The van der Waals surface area contributed by atoms with Crippen LogP contribution in [0.1, 0.15) is 16.1 Å². The van der Waals surface area contributed by atoms with E-state index in [0.29, 0.717) is 23.9 Å². The Balaban J connectivity index is 1.65. The molecule has 6 nitrogen and oxygen atoms in total. The summed E-state index contributed by atoms with van der Waals surface area (Å²) in [5, 5.41) is 5.89. The molecule has 24 heavy (non-hydrogen) atoms. The van der Waals surface area contributed by atoms with Crippen molar-refractivity contribution >= 4 is 33.5 Å². The number of pyridine rings is 1. The SMILES string of the molecule is O=C(Nc1ccc(Br)cc1)c1ccnc(NCc2ccncc2)n1. The smallest absolute Gasteiger partial charge is 0.274 e. The fraction of sp³-hybridized carbons (Fsp3) is 0.0588. The zero-order chi connectivity index (χ0) is 16.8. The van der Waals surface area contributed by atoms with E-state index in [1.807, 2.05) is 36.4 Å². The monoisotopic (exact) mass is 383 g/mol. The Morgan fingerprint density at radius 2 is 1.75 bits per heavy atom. The van der Waals surface area contributed by atoms with Gasteiger partial charge in [-0.25, -0.2) is 9.97 Å². The number of hydrogen-bond acceptors (Lipinski definition) is 5. The van der Waals surface area contributed by atoms with Crippen molar-refractivity contribution in [3.63, 3.8) is 0 Å². The number of carbonyl (C=O) groups excluding carboxylic acids is 1. The van der Waals surface area contributed by atoms with Gasteiger partial charge in [0.25, 0.3) is 5.91 Å². The maximum atomic E-state index is 12.3. The number of aromatic nitrogens is 3. The van der Waals surface area contributed by atoms with E-state index in [1.165, 1.54) is 0 Å². The normalized spacial score (nSPS) is 10.2. The van der Waals surface area contributed by atoms with Gasteiger partial charge in [-0.1, -0.05) is 15.9 Å². The van der Waals surface area contributed by atoms with Crippen LogP contribution in [0.15, 0.2) is 65.5 Å². The third kappa shape index (κ3) is 4.36. The molecule has 0 saturated heterocycles. The number of nitrogens with one attached hydrogen (secondary N) is 2. The molecule has 0 aliphatic heterocycles. The highest BCUT2D eigenvalue weighted by Crippen LogP contribution is 2.15. The van der Waals surface area contributed by atoms with Crippen LogP contribution in [0.25, 0.3) is 0 Å². The van der Waals surface area contributed by atoms with Crippen molar-refractivity contribution in [2.75, 3.05) is 10.6 Å². The van der Waals surface area contributed by atoms with E-state index >= 15 is 0 Å². The second kappa shape index (κ2) is 7.65. The summed E-state index contributed by atoms with van der Waals surface area (Å²) in [4.78, 5) is 24.6. The van der Waals surface area contributed by atoms with E-state index in [4.69, 9.17) is 0 Å². The number of hydrogen-bond donors (Lipinski definition) is 2. The van der Waals surface area contributed by atoms with Crippen LogP contribution in [-0.2, 0) is 6.54 Å². The molecule has 120 valence electrons. The number of benzene rings is 1. The lowest BCUT2D eigenvalue weighted by Gasteiger charge is -2.07. The molecular formula is C17H14BrN5O. The van der Waals surface area contributed by atoms with Gasteiger partial charge in [-0.3, -0.25) is 9.78 Å². The maximum absolute atomic E-state index is 12.3. The second-order valence-electron chi connectivity index (χ2n) is 4.94. The third-order valence-electron chi connectivity index (χ3n) is 3.19. The minimum Gasteiger partial charge on any atom is -0.350 e. The van der Waals surface area contributed by atoms with Gasteiger partial charge in [-0.05, 0) is 48.0 Å². The van der Waals surface area contributed by atoms with Gasteiger partial charge in [0, 0.05) is 35.3 Å². The molecular weight excluding hydrogens is 370 g/mol. The average molecular weight is 384 g/mol. The topological polar surface area (TPSA) is 79.8 Å². The largest absolute Gasteiger partial charge is 0.350 e. The van der Waals surface area contributed by atoms with E-state index in [0.717, 1.165) is 10.0 Å². The molecule has 1 amide bonds. The first-order chi connectivity index (χ1) is 11.7. The van der Waals surface area contributed by atoms with Crippen LogP contribution in [0, 0.1) is 0 Å². The van der Waals surface area contributed by atoms with Crippen LogP contribution in [0.3, 0.4) is 0 Å². The van der Waals surface area contributed by atoms with Crippen LogP contribution in [0.4, 0.5) is 11.6 Å². The minimum absolute atomic E-state index is 0.285. The molecule has 0 unspecified atom stereocenters. The molecule has 2 aromatic heterocycles. The first kappa shape index (κ1) is 16.1. The summed E-state index contributed by atoms with van der Waals surface area (Å²) in [7, 11) is 0.